The zero-order valence-electron chi connectivity index (χ0n) is 15.1. The van der Waals surface area contributed by atoms with E-state index < -0.39 is 8.07 Å². The monoisotopic (exact) mass is 306 g/mol. The first-order chi connectivity index (χ1) is 9.71. The van der Waals surface area contributed by atoms with Gasteiger partial charge in [0.05, 0.1) is 8.07 Å². The van der Waals surface area contributed by atoms with Crippen molar-refractivity contribution in [1.82, 2.24) is 0 Å². The molecule has 0 radical (unpaired) electrons. The molecule has 1 atom stereocenters. The molecule has 1 nitrogen and oxygen atoms in total. The summed E-state index contributed by atoms with van der Waals surface area (Å²) in [4.78, 5) is 12.5. The van der Waals surface area contributed by atoms with Gasteiger partial charge in [0, 0.05) is 0 Å². The number of carbonyl (C=O) groups is 1. The first kappa shape index (κ1) is 18.4. The van der Waals surface area contributed by atoms with Gasteiger partial charge in [0.25, 0.3) is 0 Å². The molecule has 0 heterocycles. The maximum atomic E-state index is 12.5. The highest BCUT2D eigenvalue weighted by Crippen LogP contribution is 2.42. The van der Waals surface area contributed by atoms with E-state index >= 15 is 0 Å². The summed E-state index contributed by atoms with van der Waals surface area (Å²) in [7, 11) is -1.60. The third-order valence-electron chi connectivity index (χ3n) is 5.43. The lowest BCUT2D eigenvalue weighted by atomic mass is 9.90. The molecule has 0 aromatic rings. The van der Waals surface area contributed by atoms with Crippen LogP contribution < -0.4 is 0 Å². The SMILES string of the molecule is CC1C=C(C(=O)/C=C/[Si](C(C)C)(C(C)C)C(C)C)CCC1. The Morgan fingerprint density at radius 3 is 2.10 bits per heavy atom. The van der Waals surface area contributed by atoms with Crippen LogP contribution in [0.2, 0.25) is 16.6 Å². The van der Waals surface area contributed by atoms with Crippen LogP contribution in [0.1, 0.15) is 67.7 Å². The van der Waals surface area contributed by atoms with Gasteiger partial charge in [-0.05, 0) is 53.5 Å². The third kappa shape index (κ3) is 4.18. The molecule has 0 amide bonds. The minimum Gasteiger partial charge on any atom is -0.290 e. The Morgan fingerprint density at radius 1 is 1.14 bits per heavy atom. The second kappa shape index (κ2) is 7.58. The van der Waals surface area contributed by atoms with Crippen LogP contribution >= 0.6 is 0 Å². The predicted molar refractivity (Wildman–Crippen MR) is 96.3 cm³/mol. The summed E-state index contributed by atoms with van der Waals surface area (Å²) in [6.45, 7) is 16.2. The van der Waals surface area contributed by atoms with Gasteiger partial charge in [-0.15, -0.1) is 0 Å². The van der Waals surface area contributed by atoms with Gasteiger partial charge in [0.2, 0.25) is 0 Å². The van der Waals surface area contributed by atoms with Crippen molar-refractivity contribution in [2.75, 3.05) is 0 Å². The van der Waals surface area contributed by atoms with E-state index in [0.717, 1.165) is 18.4 Å². The second-order valence-electron chi connectivity index (χ2n) is 7.72. The lowest BCUT2D eigenvalue weighted by Crippen LogP contribution is -2.42. The number of allylic oxidation sites excluding steroid dienone is 3. The van der Waals surface area contributed by atoms with Gasteiger partial charge >= 0.3 is 0 Å². The van der Waals surface area contributed by atoms with E-state index in [0.29, 0.717) is 22.5 Å². The summed E-state index contributed by atoms with van der Waals surface area (Å²) < 4.78 is 0. The zero-order valence-corrected chi connectivity index (χ0v) is 16.1. The molecule has 0 aromatic heterocycles. The Balaban J connectivity index is 3.00. The van der Waals surface area contributed by atoms with Gasteiger partial charge in [0.1, 0.15) is 0 Å². The Bertz CT molecular complexity index is 394. The van der Waals surface area contributed by atoms with Crippen molar-refractivity contribution in [1.29, 1.82) is 0 Å². The predicted octanol–water partition coefficient (Wildman–Crippen LogP) is 6.08. The van der Waals surface area contributed by atoms with Crippen LogP contribution in [0.3, 0.4) is 0 Å². The van der Waals surface area contributed by atoms with Crippen molar-refractivity contribution in [3.05, 3.63) is 23.4 Å². The molecule has 0 aliphatic heterocycles. The Labute approximate surface area is 132 Å². The minimum atomic E-state index is -1.60. The van der Waals surface area contributed by atoms with Crippen LogP contribution in [0.25, 0.3) is 0 Å². The van der Waals surface area contributed by atoms with Crippen LogP contribution in [0, 0.1) is 5.92 Å². The second-order valence-corrected chi connectivity index (χ2v) is 13.5. The van der Waals surface area contributed by atoms with Gasteiger partial charge in [0.15, 0.2) is 5.78 Å². The summed E-state index contributed by atoms with van der Waals surface area (Å²) in [5.41, 5.74) is 5.40. The fraction of sp³-hybridized carbons (Fsp3) is 0.737. The topological polar surface area (TPSA) is 17.1 Å². The van der Waals surface area contributed by atoms with Gasteiger partial charge in [-0.2, -0.15) is 0 Å². The van der Waals surface area contributed by atoms with E-state index in [-0.39, 0.29) is 5.78 Å². The Hall–Kier alpha value is -0.633. The molecule has 0 bridgehead atoms. The lowest BCUT2D eigenvalue weighted by molar-refractivity contribution is -0.111. The maximum absolute atomic E-state index is 12.5. The number of hydrogen-bond donors (Lipinski definition) is 0. The minimum absolute atomic E-state index is 0.264. The molecular weight excluding hydrogens is 272 g/mol. The molecule has 1 aliphatic rings. The summed E-state index contributed by atoms with van der Waals surface area (Å²) in [6, 6.07) is 0. The molecule has 0 aromatic carbocycles. The smallest absolute Gasteiger partial charge is 0.180 e. The normalized spacial score (nSPS) is 20.7. The van der Waals surface area contributed by atoms with E-state index in [1.165, 1.54) is 6.42 Å². The fourth-order valence-corrected chi connectivity index (χ4v) is 9.83. The average Bonchev–Trinajstić information content (AvgIpc) is 2.37. The van der Waals surface area contributed by atoms with Gasteiger partial charge < -0.3 is 0 Å². The highest BCUT2D eigenvalue weighted by Gasteiger charge is 2.40. The molecule has 0 fully saturated rings. The van der Waals surface area contributed by atoms with Gasteiger partial charge in [-0.25, -0.2) is 0 Å². The molecule has 1 unspecified atom stereocenters. The summed E-state index contributed by atoms with van der Waals surface area (Å²) in [5.74, 6) is 0.828. The van der Waals surface area contributed by atoms with Gasteiger partial charge in [-0.3, -0.25) is 4.79 Å². The molecule has 0 spiro atoms. The average molecular weight is 307 g/mol. The van der Waals surface area contributed by atoms with Gasteiger partial charge in [-0.1, -0.05) is 60.2 Å². The van der Waals surface area contributed by atoms with Crippen LogP contribution in [-0.4, -0.2) is 13.9 Å². The van der Waals surface area contributed by atoms with Crippen molar-refractivity contribution < 1.29 is 4.79 Å². The van der Waals surface area contributed by atoms with Crippen LogP contribution in [-0.2, 0) is 4.79 Å². The molecule has 2 heteroatoms. The number of carbonyl (C=O) groups excluding carboxylic acids is 1. The summed E-state index contributed by atoms with van der Waals surface area (Å²) in [5, 5.41) is 0. The van der Waals surface area contributed by atoms with E-state index in [2.05, 4.69) is 60.2 Å². The van der Waals surface area contributed by atoms with Crippen molar-refractivity contribution in [2.24, 2.45) is 5.92 Å². The van der Waals surface area contributed by atoms with Crippen LogP contribution in [0.4, 0.5) is 0 Å². The lowest BCUT2D eigenvalue weighted by Gasteiger charge is -2.40. The highest BCUT2D eigenvalue weighted by atomic mass is 28.3. The summed E-state index contributed by atoms with van der Waals surface area (Å²) >= 11 is 0. The van der Waals surface area contributed by atoms with Crippen molar-refractivity contribution in [3.8, 4) is 0 Å². The quantitative estimate of drug-likeness (QED) is 0.429. The largest absolute Gasteiger partial charge is 0.290 e. The van der Waals surface area contributed by atoms with Crippen molar-refractivity contribution in [3.63, 3.8) is 0 Å². The van der Waals surface area contributed by atoms with E-state index in [4.69, 9.17) is 0 Å². The molecule has 0 N–H and O–H groups in total. The van der Waals surface area contributed by atoms with Crippen LogP contribution in [0.5, 0.6) is 0 Å². The van der Waals surface area contributed by atoms with E-state index in [9.17, 15) is 4.79 Å². The van der Waals surface area contributed by atoms with E-state index in [1.807, 2.05) is 6.08 Å². The maximum Gasteiger partial charge on any atom is 0.180 e. The molecule has 1 aliphatic carbocycles. The highest BCUT2D eigenvalue weighted by molar-refractivity contribution is 6.88. The molecule has 120 valence electrons. The first-order valence-corrected chi connectivity index (χ1v) is 11.0. The fourth-order valence-electron chi connectivity index (χ4n) is 4.23. The standard InChI is InChI=1S/C19H34OSi/c1-14(2)21(15(3)4,16(5)6)12-11-19(20)18-10-8-9-17(7)13-18/h11-17H,8-10H2,1-7H3/b12-11+. The zero-order chi connectivity index (χ0) is 16.2. The number of hydrogen-bond acceptors (Lipinski definition) is 1. The first-order valence-electron chi connectivity index (χ1n) is 8.66. The molecule has 1 rings (SSSR count). The van der Waals surface area contributed by atoms with Crippen molar-refractivity contribution in [2.45, 2.75) is 84.4 Å². The molecule has 0 saturated heterocycles. The Kier molecular flexibility index (Phi) is 6.64. The van der Waals surface area contributed by atoms with Crippen molar-refractivity contribution >= 4 is 13.9 Å². The Morgan fingerprint density at radius 2 is 1.67 bits per heavy atom. The number of ketones is 1. The molecular formula is C19H34OSi. The third-order valence-corrected chi connectivity index (χ3v) is 12.2. The number of rotatable bonds is 6. The molecule has 0 saturated carbocycles. The van der Waals surface area contributed by atoms with E-state index in [1.54, 1.807) is 0 Å². The van der Waals surface area contributed by atoms with Crippen LogP contribution in [0.15, 0.2) is 23.4 Å². The summed E-state index contributed by atoms with van der Waals surface area (Å²) in [6.07, 6.45) is 7.47. The molecule has 21 heavy (non-hydrogen) atoms.